The zero-order valence-corrected chi connectivity index (χ0v) is 24.1. The number of nitrogens with one attached hydrogen (secondary N) is 2. The number of carboxylic acids is 1. The van der Waals surface area contributed by atoms with Gasteiger partial charge in [0.1, 0.15) is 17.5 Å². The van der Waals surface area contributed by atoms with E-state index >= 15 is 0 Å². The van der Waals surface area contributed by atoms with E-state index in [0.717, 1.165) is 4.90 Å². The van der Waals surface area contributed by atoms with Gasteiger partial charge in [-0.15, -0.1) is 11.8 Å². The van der Waals surface area contributed by atoms with Gasteiger partial charge < -0.3 is 25.2 Å². The minimum Gasteiger partial charge on any atom is -0.497 e. The lowest BCUT2D eigenvalue weighted by molar-refractivity contribution is -0.140. The smallest absolute Gasteiger partial charge is 0.305 e. The second-order valence-corrected chi connectivity index (χ2v) is 10.8. The average Bonchev–Trinajstić information content (AvgIpc) is 2.89. The number of benzene rings is 2. The Morgan fingerprint density at radius 2 is 1.59 bits per heavy atom. The maximum absolute atomic E-state index is 13.1. The fourth-order valence-electron chi connectivity index (χ4n) is 3.84. The van der Waals surface area contributed by atoms with Crippen molar-refractivity contribution in [2.45, 2.75) is 63.4 Å². The van der Waals surface area contributed by atoms with Crippen molar-refractivity contribution in [1.82, 2.24) is 10.6 Å². The summed E-state index contributed by atoms with van der Waals surface area (Å²) >= 11 is 1.28. The van der Waals surface area contributed by atoms with Gasteiger partial charge in [-0.1, -0.05) is 39.8 Å². The van der Waals surface area contributed by atoms with E-state index in [4.69, 9.17) is 9.47 Å². The van der Waals surface area contributed by atoms with Crippen LogP contribution in [0.2, 0.25) is 0 Å². The third-order valence-electron chi connectivity index (χ3n) is 6.12. The summed E-state index contributed by atoms with van der Waals surface area (Å²) in [5.74, 6) is -1.58. The van der Waals surface area contributed by atoms with Crippen LogP contribution in [0.5, 0.6) is 11.5 Å². The molecule has 0 bridgehead atoms. The lowest BCUT2D eigenvalue weighted by Gasteiger charge is -2.25. The van der Waals surface area contributed by atoms with E-state index in [1.807, 2.05) is 24.3 Å². The third kappa shape index (κ3) is 9.94. The molecule has 2 rings (SSSR count). The fourth-order valence-corrected chi connectivity index (χ4v) is 4.68. The van der Waals surface area contributed by atoms with Crippen LogP contribution in [0, 0.1) is 5.92 Å². The van der Waals surface area contributed by atoms with Gasteiger partial charge in [0, 0.05) is 10.5 Å². The Kier molecular flexibility index (Phi) is 12.3. The van der Waals surface area contributed by atoms with Crippen LogP contribution in [0.1, 0.15) is 51.2 Å². The standard InChI is InChI=1S/C29H38N2O7S/c1-17(2)19-7-10-22(11-8-19)39-16-24(32)23(15-27(34)35)30-29(36)28(18(3)4)31-26(33)14-20-13-21(37-5)9-12-25(20)38-6/h7-13,17-18,23,28H,14-16H2,1-6H3,(H,30,36)(H,31,33)(H,34,35). The molecule has 0 aromatic heterocycles. The summed E-state index contributed by atoms with van der Waals surface area (Å²) in [5.41, 5.74) is 1.75. The first-order chi connectivity index (χ1) is 18.4. The highest BCUT2D eigenvalue weighted by Gasteiger charge is 2.30. The van der Waals surface area contributed by atoms with Crippen LogP contribution in [-0.4, -0.2) is 60.7 Å². The Labute approximate surface area is 234 Å². The average molecular weight is 559 g/mol. The quantitative estimate of drug-likeness (QED) is 0.281. The highest BCUT2D eigenvalue weighted by atomic mass is 32.2. The van der Waals surface area contributed by atoms with Crippen molar-refractivity contribution >= 4 is 35.3 Å². The first-order valence-electron chi connectivity index (χ1n) is 12.7. The number of carboxylic acid groups (broad SMARTS) is 1. The van der Waals surface area contributed by atoms with Crippen LogP contribution in [0.4, 0.5) is 0 Å². The number of ketones is 1. The van der Waals surface area contributed by atoms with Crippen molar-refractivity contribution in [2.24, 2.45) is 5.92 Å². The van der Waals surface area contributed by atoms with Crippen molar-refractivity contribution in [3.8, 4) is 11.5 Å². The van der Waals surface area contributed by atoms with Crippen LogP contribution >= 0.6 is 11.8 Å². The second-order valence-electron chi connectivity index (χ2n) is 9.78. The molecule has 0 saturated heterocycles. The van der Waals surface area contributed by atoms with E-state index in [2.05, 4.69) is 24.5 Å². The zero-order valence-electron chi connectivity index (χ0n) is 23.3. The van der Waals surface area contributed by atoms with Gasteiger partial charge in [0.15, 0.2) is 5.78 Å². The van der Waals surface area contributed by atoms with Gasteiger partial charge >= 0.3 is 5.97 Å². The number of hydrogen-bond donors (Lipinski definition) is 3. The molecule has 0 aliphatic rings. The normalized spacial score (nSPS) is 12.5. The number of thioether (sulfide) groups is 1. The predicted octanol–water partition coefficient (Wildman–Crippen LogP) is 3.83. The van der Waals surface area contributed by atoms with Crippen LogP contribution in [-0.2, 0) is 25.6 Å². The maximum atomic E-state index is 13.1. The molecule has 0 aliphatic carbocycles. The minimum atomic E-state index is -1.23. The number of aliphatic carboxylic acids is 1. The molecular formula is C29H38N2O7S. The number of carbonyl (C=O) groups excluding carboxylic acids is 3. The molecule has 0 spiro atoms. The van der Waals surface area contributed by atoms with Crippen molar-refractivity contribution in [1.29, 1.82) is 0 Å². The predicted molar refractivity (Wildman–Crippen MR) is 150 cm³/mol. The molecule has 0 saturated carbocycles. The van der Waals surface area contributed by atoms with E-state index in [-0.39, 0.29) is 18.1 Å². The van der Waals surface area contributed by atoms with Crippen molar-refractivity contribution < 1.29 is 33.8 Å². The Bertz CT molecular complexity index is 1150. The molecule has 2 aromatic carbocycles. The van der Waals surface area contributed by atoms with E-state index in [9.17, 15) is 24.3 Å². The summed E-state index contributed by atoms with van der Waals surface area (Å²) in [6.45, 7) is 7.68. The van der Waals surface area contributed by atoms with Gasteiger partial charge in [-0.25, -0.2) is 0 Å². The molecule has 0 aliphatic heterocycles. The lowest BCUT2D eigenvalue weighted by Crippen LogP contribution is -2.54. The second kappa shape index (κ2) is 15.2. The van der Waals surface area contributed by atoms with E-state index < -0.39 is 42.1 Å². The zero-order chi connectivity index (χ0) is 29.1. The highest BCUT2D eigenvalue weighted by molar-refractivity contribution is 8.00. The topological polar surface area (TPSA) is 131 Å². The Morgan fingerprint density at radius 3 is 2.13 bits per heavy atom. The molecule has 0 fully saturated rings. The van der Waals surface area contributed by atoms with Crippen molar-refractivity contribution in [2.75, 3.05) is 20.0 Å². The molecule has 212 valence electrons. The van der Waals surface area contributed by atoms with Crippen molar-refractivity contribution in [3.63, 3.8) is 0 Å². The summed E-state index contributed by atoms with van der Waals surface area (Å²) in [7, 11) is 3.01. The summed E-state index contributed by atoms with van der Waals surface area (Å²) in [6, 6.07) is 10.7. The molecule has 2 amide bonds. The van der Waals surface area contributed by atoms with Gasteiger partial charge in [-0.2, -0.15) is 0 Å². The first kappa shape index (κ1) is 31.7. The molecule has 0 radical (unpaired) electrons. The van der Waals surface area contributed by atoms with Gasteiger partial charge in [-0.3, -0.25) is 19.2 Å². The number of hydrogen-bond acceptors (Lipinski definition) is 7. The number of rotatable bonds is 15. The Balaban J connectivity index is 2.08. The molecule has 2 unspecified atom stereocenters. The lowest BCUT2D eigenvalue weighted by atomic mass is 10.0. The molecule has 2 aromatic rings. The SMILES string of the molecule is COc1ccc(OC)c(CC(=O)NC(C(=O)NC(CC(=O)O)C(=O)CSc2ccc(C(C)C)cc2)C(C)C)c1. The molecule has 2 atom stereocenters. The summed E-state index contributed by atoms with van der Waals surface area (Å²) in [6.07, 6.45) is -0.627. The van der Waals surface area contributed by atoms with Crippen LogP contribution in [0.15, 0.2) is 47.4 Å². The number of ether oxygens (including phenoxy) is 2. The van der Waals surface area contributed by atoms with Crippen LogP contribution < -0.4 is 20.1 Å². The molecule has 0 heterocycles. The van der Waals surface area contributed by atoms with Gasteiger partial charge in [0.2, 0.25) is 11.8 Å². The Hall–Kier alpha value is -3.53. The summed E-state index contributed by atoms with van der Waals surface area (Å²) in [5, 5.41) is 14.6. The fraction of sp³-hybridized carbons (Fsp3) is 0.448. The maximum Gasteiger partial charge on any atom is 0.305 e. The first-order valence-corrected chi connectivity index (χ1v) is 13.7. The molecular weight excluding hydrogens is 520 g/mol. The summed E-state index contributed by atoms with van der Waals surface area (Å²) in [4.78, 5) is 51.3. The van der Waals surface area contributed by atoms with Crippen LogP contribution in [0.25, 0.3) is 0 Å². The van der Waals surface area contributed by atoms with Crippen LogP contribution in [0.3, 0.4) is 0 Å². The van der Waals surface area contributed by atoms with Crippen molar-refractivity contribution in [3.05, 3.63) is 53.6 Å². The van der Waals surface area contributed by atoms with E-state index in [1.54, 1.807) is 32.0 Å². The minimum absolute atomic E-state index is 0.00636. The number of Topliss-reactive ketones (excluding diaryl/α,β-unsaturated/α-hetero) is 1. The molecule has 9 nitrogen and oxygen atoms in total. The van der Waals surface area contributed by atoms with E-state index in [0.29, 0.717) is 23.0 Å². The van der Waals surface area contributed by atoms with E-state index in [1.165, 1.54) is 31.5 Å². The largest absolute Gasteiger partial charge is 0.497 e. The molecule has 3 N–H and O–H groups in total. The highest BCUT2D eigenvalue weighted by Crippen LogP contribution is 2.25. The third-order valence-corrected chi connectivity index (χ3v) is 7.15. The monoisotopic (exact) mass is 558 g/mol. The number of carbonyl (C=O) groups is 4. The van der Waals surface area contributed by atoms with Gasteiger partial charge in [0.25, 0.3) is 0 Å². The number of methoxy groups -OCH3 is 2. The molecule has 10 heteroatoms. The molecule has 39 heavy (non-hydrogen) atoms. The summed E-state index contributed by atoms with van der Waals surface area (Å²) < 4.78 is 10.5. The Morgan fingerprint density at radius 1 is 0.923 bits per heavy atom. The van der Waals surface area contributed by atoms with Gasteiger partial charge in [0.05, 0.1) is 38.9 Å². The van der Waals surface area contributed by atoms with Gasteiger partial charge in [-0.05, 0) is 47.7 Å². The number of amides is 2.